The zero-order valence-corrected chi connectivity index (χ0v) is 43.4. The second kappa shape index (κ2) is 46.3. The summed E-state index contributed by atoms with van der Waals surface area (Å²) in [6, 6.07) is -0.913. The minimum Gasteiger partial charge on any atom is -0.756 e. The van der Waals surface area contributed by atoms with E-state index in [0.717, 1.165) is 64.2 Å². The van der Waals surface area contributed by atoms with Gasteiger partial charge in [-0.2, -0.15) is 0 Å². The van der Waals surface area contributed by atoms with E-state index in [-0.39, 0.29) is 12.5 Å². The van der Waals surface area contributed by atoms with Gasteiger partial charge in [-0.1, -0.05) is 216 Å². The zero-order chi connectivity index (χ0) is 47.1. The van der Waals surface area contributed by atoms with Gasteiger partial charge >= 0.3 is 0 Å². The SMILES string of the molecule is CCCCCCC/C=C\C/C=C\C/C=C\CCCCCCCCC(=O)NC(COP(=O)([O-])OCC[N+](C)(C)C)C(O)/C=C/CC/C=C/CCCCCCCCCCCCCCCCC. The van der Waals surface area contributed by atoms with Gasteiger partial charge in [0.1, 0.15) is 13.2 Å². The molecule has 9 heteroatoms. The fraction of sp³-hybridized carbons (Fsp3) is 0.800. The van der Waals surface area contributed by atoms with E-state index >= 15 is 0 Å². The molecule has 0 aliphatic rings. The molecule has 3 unspecified atom stereocenters. The van der Waals surface area contributed by atoms with Crippen LogP contribution in [0.15, 0.2) is 60.8 Å². The number of aliphatic hydroxyl groups excluding tert-OH is 1. The zero-order valence-electron chi connectivity index (χ0n) is 42.5. The molecule has 0 aliphatic carbocycles. The third kappa shape index (κ3) is 48.1. The molecule has 8 nitrogen and oxygen atoms in total. The Balaban J connectivity index is 4.38. The first-order valence-corrected chi connectivity index (χ1v) is 28.1. The first-order chi connectivity index (χ1) is 31.0. The van der Waals surface area contributed by atoms with Crippen LogP contribution in [0.5, 0.6) is 0 Å². The van der Waals surface area contributed by atoms with Crippen molar-refractivity contribution in [2.24, 2.45) is 0 Å². The average molecular weight is 919 g/mol. The van der Waals surface area contributed by atoms with Crippen LogP contribution >= 0.6 is 7.82 Å². The topological polar surface area (TPSA) is 108 Å². The lowest BCUT2D eigenvalue weighted by molar-refractivity contribution is -0.870. The Morgan fingerprint density at radius 3 is 1.38 bits per heavy atom. The Morgan fingerprint density at radius 1 is 0.547 bits per heavy atom. The summed E-state index contributed by atoms with van der Waals surface area (Å²) in [5.74, 6) is -0.220. The van der Waals surface area contributed by atoms with Crippen molar-refractivity contribution in [3.8, 4) is 0 Å². The van der Waals surface area contributed by atoms with Gasteiger partial charge in [0.15, 0.2) is 0 Å². The van der Waals surface area contributed by atoms with Gasteiger partial charge < -0.3 is 28.8 Å². The van der Waals surface area contributed by atoms with E-state index in [1.807, 2.05) is 27.2 Å². The van der Waals surface area contributed by atoms with E-state index in [9.17, 15) is 19.4 Å². The number of phosphoric ester groups is 1. The van der Waals surface area contributed by atoms with Gasteiger partial charge in [0, 0.05) is 6.42 Å². The summed E-state index contributed by atoms with van der Waals surface area (Å²) in [5.41, 5.74) is 0. The maximum atomic E-state index is 12.9. The third-order valence-corrected chi connectivity index (χ3v) is 12.7. The number of nitrogens with zero attached hydrogens (tertiary/aromatic N) is 1. The molecule has 0 aromatic rings. The van der Waals surface area contributed by atoms with Crippen LogP contribution in [-0.2, 0) is 18.4 Å². The molecule has 0 spiro atoms. The van der Waals surface area contributed by atoms with Crippen molar-refractivity contribution in [3.05, 3.63) is 60.8 Å². The van der Waals surface area contributed by atoms with E-state index in [1.165, 1.54) is 148 Å². The maximum absolute atomic E-state index is 12.9. The van der Waals surface area contributed by atoms with Crippen molar-refractivity contribution < 1.29 is 32.9 Å². The number of likely N-dealkylation sites (N-methyl/N-ethyl adjacent to an activating group) is 1. The van der Waals surface area contributed by atoms with Gasteiger partial charge in [-0.05, 0) is 70.6 Å². The second-order valence-corrected chi connectivity index (χ2v) is 20.6. The van der Waals surface area contributed by atoms with Crippen molar-refractivity contribution in [1.29, 1.82) is 0 Å². The van der Waals surface area contributed by atoms with Gasteiger partial charge in [-0.25, -0.2) is 0 Å². The lowest BCUT2D eigenvalue weighted by atomic mass is 10.0. The van der Waals surface area contributed by atoms with E-state index in [2.05, 4.69) is 67.8 Å². The number of hydrogen-bond donors (Lipinski definition) is 2. The molecule has 64 heavy (non-hydrogen) atoms. The molecule has 2 N–H and O–H groups in total. The number of hydrogen-bond acceptors (Lipinski definition) is 6. The molecule has 0 fully saturated rings. The lowest BCUT2D eigenvalue weighted by Gasteiger charge is -2.29. The summed E-state index contributed by atoms with van der Waals surface area (Å²) >= 11 is 0. The number of aliphatic hydroxyl groups is 1. The highest BCUT2D eigenvalue weighted by molar-refractivity contribution is 7.45. The average Bonchev–Trinajstić information content (AvgIpc) is 3.25. The van der Waals surface area contributed by atoms with Crippen LogP contribution in [0.1, 0.15) is 232 Å². The van der Waals surface area contributed by atoms with Crippen molar-refractivity contribution in [3.63, 3.8) is 0 Å². The maximum Gasteiger partial charge on any atom is 0.268 e. The van der Waals surface area contributed by atoms with E-state index in [1.54, 1.807) is 6.08 Å². The Hall–Kier alpha value is -1.80. The quantitative estimate of drug-likeness (QED) is 0.0272. The molecule has 0 aromatic carbocycles. The molecule has 0 heterocycles. The molecule has 0 aromatic heterocycles. The van der Waals surface area contributed by atoms with Gasteiger partial charge in [-0.3, -0.25) is 9.36 Å². The van der Waals surface area contributed by atoms with E-state index in [0.29, 0.717) is 17.4 Å². The van der Waals surface area contributed by atoms with Crippen molar-refractivity contribution >= 4 is 13.7 Å². The molecular formula is C55H103N2O6P. The van der Waals surface area contributed by atoms with Crippen LogP contribution in [0.4, 0.5) is 0 Å². The largest absolute Gasteiger partial charge is 0.756 e. The lowest BCUT2D eigenvalue weighted by Crippen LogP contribution is -2.45. The Morgan fingerprint density at radius 2 is 0.922 bits per heavy atom. The predicted octanol–water partition coefficient (Wildman–Crippen LogP) is 15.1. The summed E-state index contributed by atoms with van der Waals surface area (Å²) < 4.78 is 23.3. The number of unbranched alkanes of at least 4 members (excludes halogenated alkanes) is 27. The van der Waals surface area contributed by atoms with Gasteiger partial charge in [0.05, 0.1) is 39.9 Å². The molecule has 0 rings (SSSR count). The monoisotopic (exact) mass is 919 g/mol. The molecule has 0 bridgehead atoms. The van der Waals surface area contributed by atoms with Crippen molar-refractivity contribution in [2.75, 3.05) is 40.9 Å². The van der Waals surface area contributed by atoms with Crippen LogP contribution in [0.25, 0.3) is 0 Å². The van der Waals surface area contributed by atoms with Gasteiger partial charge in [-0.15, -0.1) is 0 Å². The number of carbonyl (C=O) groups excluding carboxylic acids is 1. The highest BCUT2D eigenvalue weighted by atomic mass is 31.2. The highest BCUT2D eigenvalue weighted by Crippen LogP contribution is 2.38. The Kier molecular flexibility index (Phi) is 45.0. The summed E-state index contributed by atoms with van der Waals surface area (Å²) in [5, 5.41) is 13.8. The van der Waals surface area contributed by atoms with E-state index < -0.39 is 26.6 Å². The standard InChI is InChI=1S/C55H103N2O6P/c1-6-8-10-12-14-16-18-20-22-24-26-28-30-32-34-36-38-40-42-44-46-48-54(58)53(52-63-64(60,61)62-51-50-57(3,4)5)56-55(59)49-47-45-43-41-39-37-35-33-31-29-27-25-23-21-19-17-15-13-11-9-7-2/h19,21,25,27,31,33,38,40,46,48,53-54,58H,6-18,20,22-24,26,28-30,32,34-37,39,41-45,47,49-52H2,1-5H3,(H-,56,59,60,61)/b21-19-,27-25-,33-31-,40-38+,48-46+. The molecule has 1 amide bonds. The predicted molar refractivity (Wildman–Crippen MR) is 274 cm³/mol. The molecule has 0 radical (unpaired) electrons. The smallest absolute Gasteiger partial charge is 0.268 e. The van der Waals surface area contributed by atoms with Gasteiger partial charge in [0.2, 0.25) is 5.91 Å². The number of amides is 1. The first-order valence-electron chi connectivity index (χ1n) is 26.7. The number of allylic oxidation sites excluding steroid dienone is 9. The molecule has 0 saturated carbocycles. The van der Waals surface area contributed by atoms with Crippen LogP contribution in [0.3, 0.4) is 0 Å². The summed E-state index contributed by atoms with van der Waals surface area (Å²) in [4.78, 5) is 25.4. The normalized spacial score (nSPS) is 14.5. The molecule has 0 saturated heterocycles. The van der Waals surface area contributed by atoms with Crippen molar-refractivity contribution in [1.82, 2.24) is 5.32 Å². The second-order valence-electron chi connectivity index (χ2n) is 19.2. The summed E-state index contributed by atoms with van der Waals surface area (Å²) in [6.07, 6.45) is 61.4. The number of nitrogens with one attached hydrogen (secondary N) is 1. The molecule has 0 aliphatic heterocycles. The number of phosphoric acid groups is 1. The minimum atomic E-state index is -4.61. The molecule has 374 valence electrons. The van der Waals surface area contributed by atoms with Crippen LogP contribution in [0.2, 0.25) is 0 Å². The molecular weight excluding hydrogens is 816 g/mol. The Bertz CT molecular complexity index is 1230. The number of carbonyl (C=O) groups is 1. The Labute approximate surface area is 396 Å². The highest BCUT2D eigenvalue weighted by Gasteiger charge is 2.23. The fourth-order valence-electron chi connectivity index (χ4n) is 7.47. The summed E-state index contributed by atoms with van der Waals surface area (Å²) in [7, 11) is 1.23. The number of rotatable bonds is 48. The molecule has 3 atom stereocenters. The first kappa shape index (κ1) is 62.2. The van der Waals surface area contributed by atoms with Crippen LogP contribution in [0, 0.1) is 0 Å². The summed E-state index contributed by atoms with van der Waals surface area (Å²) in [6.45, 7) is 4.61. The fourth-order valence-corrected chi connectivity index (χ4v) is 8.19. The number of quaternary nitrogens is 1. The van der Waals surface area contributed by atoms with Crippen LogP contribution < -0.4 is 10.2 Å². The van der Waals surface area contributed by atoms with E-state index in [4.69, 9.17) is 9.05 Å². The van der Waals surface area contributed by atoms with Gasteiger partial charge in [0.25, 0.3) is 7.82 Å². The third-order valence-electron chi connectivity index (χ3n) is 11.7. The minimum absolute atomic E-state index is 0.0112. The van der Waals surface area contributed by atoms with Crippen molar-refractivity contribution in [2.45, 2.75) is 244 Å². The van der Waals surface area contributed by atoms with Crippen LogP contribution in [-0.4, -0.2) is 68.5 Å².